The van der Waals surface area contributed by atoms with Gasteiger partial charge in [0.2, 0.25) is 0 Å². The van der Waals surface area contributed by atoms with E-state index in [0.717, 1.165) is 21.5 Å². The van der Waals surface area contributed by atoms with Gasteiger partial charge in [0.1, 0.15) is 0 Å². The van der Waals surface area contributed by atoms with Gasteiger partial charge in [-0.05, 0) is 28.3 Å². The second-order valence-corrected chi connectivity index (χ2v) is 5.06. The van der Waals surface area contributed by atoms with Gasteiger partial charge in [-0.25, -0.2) is 0 Å². The molecule has 84 valence electrons. The van der Waals surface area contributed by atoms with Gasteiger partial charge in [0.15, 0.2) is 0 Å². The molecule has 0 radical (unpaired) electrons. The molecule has 0 bridgehead atoms. The third kappa shape index (κ3) is 1.68. The van der Waals surface area contributed by atoms with E-state index < -0.39 is 0 Å². The average Bonchev–Trinajstić information content (AvgIpc) is 2.33. The molecule has 0 N–H and O–H groups in total. The summed E-state index contributed by atoms with van der Waals surface area (Å²) in [6, 6.07) is 13.7. The average molecular weight is 282 g/mol. The standard InChI is InChI=1S/C14H7Cl3/c15-11-6-5-10-9-4-2-1-3-8(9)7-12(16)13(10)14(11)17/h1-7H. The van der Waals surface area contributed by atoms with Crippen molar-refractivity contribution in [2.75, 3.05) is 0 Å². The Hall–Kier alpha value is -0.950. The maximum atomic E-state index is 6.27. The first-order chi connectivity index (χ1) is 8.18. The number of hydrogen-bond donors (Lipinski definition) is 0. The van der Waals surface area contributed by atoms with Crippen LogP contribution in [-0.4, -0.2) is 0 Å². The van der Waals surface area contributed by atoms with Crippen LogP contribution in [0, 0.1) is 0 Å². The molecule has 0 aliphatic carbocycles. The van der Waals surface area contributed by atoms with Crippen molar-refractivity contribution < 1.29 is 0 Å². The molecule has 0 fully saturated rings. The van der Waals surface area contributed by atoms with Crippen molar-refractivity contribution in [1.82, 2.24) is 0 Å². The summed E-state index contributed by atoms with van der Waals surface area (Å²) in [5.74, 6) is 0. The summed E-state index contributed by atoms with van der Waals surface area (Å²) in [5, 5.41) is 5.75. The Kier molecular flexibility index (Phi) is 2.67. The first-order valence-electron chi connectivity index (χ1n) is 5.13. The van der Waals surface area contributed by atoms with E-state index in [1.165, 1.54) is 0 Å². The van der Waals surface area contributed by atoms with Gasteiger partial charge in [-0.15, -0.1) is 0 Å². The number of halogens is 3. The summed E-state index contributed by atoms with van der Waals surface area (Å²) >= 11 is 18.5. The fourth-order valence-electron chi connectivity index (χ4n) is 2.09. The zero-order chi connectivity index (χ0) is 12.0. The molecular formula is C14H7Cl3. The molecule has 0 saturated carbocycles. The Bertz CT molecular complexity index is 732. The Morgan fingerprint density at radius 3 is 2.29 bits per heavy atom. The molecule has 3 heteroatoms. The SMILES string of the molecule is Clc1ccc2c(c(Cl)cc3ccccc32)c1Cl. The minimum atomic E-state index is 0.514. The van der Waals surface area contributed by atoms with Gasteiger partial charge in [0.05, 0.1) is 15.1 Å². The van der Waals surface area contributed by atoms with Crippen molar-refractivity contribution in [1.29, 1.82) is 0 Å². The molecule has 0 saturated heterocycles. The summed E-state index contributed by atoms with van der Waals surface area (Å²) in [6.45, 7) is 0. The molecule has 0 aliphatic heterocycles. The second-order valence-electron chi connectivity index (χ2n) is 3.86. The highest BCUT2D eigenvalue weighted by molar-refractivity contribution is 6.49. The molecule has 3 aromatic carbocycles. The predicted molar refractivity (Wildman–Crippen MR) is 76.5 cm³/mol. The van der Waals surface area contributed by atoms with E-state index in [-0.39, 0.29) is 0 Å². The molecule has 0 unspecified atom stereocenters. The lowest BCUT2D eigenvalue weighted by atomic mass is 10.0. The third-order valence-corrected chi connectivity index (χ3v) is 3.97. The summed E-state index contributed by atoms with van der Waals surface area (Å²) in [5.41, 5.74) is 0. The smallest absolute Gasteiger partial charge is 0.0685 e. The first-order valence-corrected chi connectivity index (χ1v) is 6.27. The van der Waals surface area contributed by atoms with Crippen molar-refractivity contribution in [3.8, 4) is 0 Å². The van der Waals surface area contributed by atoms with Crippen LogP contribution >= 0.6 is 34.8 Å². The number of hydrogen-bond acceptors (Lipinski definition) is 0. The van der Waals surface area contributed by atoms with E-state index >= 15 is 0 Å². The van der Waals surface area contributed by atoms with Crippen LogP contribution in [0.5, 0.6) is 0 Å². The fourth-order valence-corrected chi connectivity index (χ4v) is 2.87. The summed E-state index contributed by atoms with van der Waals surface area (Å²) in [7, 11) is 0. The Morgan fingerprint density at radius 2 is 1.47 bits per heavy atom. The summed E-state index contributed by atoms with van der Waals surface area (Å²) in [4.78, 5) is 0. The molecule has 0 spiro atoms. The molecule has 0 aromatic heterocycles. The van der Waals surface area contributed by atoms with Crippen LogP contribution in [0.2, 0.25) is 15.1 Å². The van der Waals surface area contributed by atoms with Gasteiger partial charge in [-0.2, -0.15) is 0 Å². The lowest BCUT2D eigenvalue weighted by molar-refractivity contribution is 1.76. The van der Waals surface area contributed by atoms with Crippen molar-refractivity contribution in [3.63, 3.8) is 0 Å². The molecule has 0 atom stereocenters. The Labute approximate surface area is 114 Å². The van der Waals surface area contributed by atoms with Crippen molar-refractivity contribution in [2.24, 2.45) is 0 Å². The van der Waals surface area contributed by atoms with E-state index in [1.54, 1.807) is 6.07 Å². The quantitative estimate of drug-likeness (QED) is 0.446. The summed E-state index contributed by atoms with van der Waals surface area (Å²) < 4.78 is 0. The van der Waals surface area contributed by atoms with Gasteiger partial charge in [0, 0.05) is 5.39 Å². The Morgan fingerprint density at radius 1 is 0.706 bits per heavy atom. The highest BCUT2D eigenvalue weighted by Gasteiger charge is 2.10. The molecule has 3 aromatic rings. The third-order valence-electron chi connectivity index (χ3n) is 2.87. The van der Waals surface area contributed by atoms with Crippen LogP contribution in [0.15, 0.2) is 42.5 Å². The van der Waals surface area contributed by atoms with E-state index in [4.69, 9.17) is 34.8 Å². The van der Waals surface area contributed by atoms with E-state index in [1.807, 2.05) is 30.3 Å². The normalized spacial score (nSPS) is 11.2. The highest BCUT2D eigenvalue weighted by atomic mass is 35.5. The monoisotopic (exact) mass is 280 g/mol. The molecule has 0 nitrogen and oxygen atoms in total. The minimum Gasteiger partial charge on any atom is -0.0836 e. The van der Waals surface area contributed by atoms with Crippen molar-refractivity contribution in [2.45, 2.75) is 0 Å². The van der Waals surface area contributed by atoms with Gasteiger partial charge >= 0.3 is 0 Å². The highest BCUT2D eigenvalue weighted by Crippen LogP contribution is 2.39. The number of fused-ring (bicyclic) bond motifs is 3. The molecule has 17 heavy (non-hydrogen) atoms. The fraction of sp³-hybridized carbons (Fsp3) is 0. The second kappa shape index (κ2) is 4.06. The first kappa shape index (κ1) is 11.2. The van der Waals surface area contributed by atoms with Crippen LogP contribution in [0.1, 0.15) is 0 Å². The van der Waals surface area contributed by atoms with Crippen LogP contribution in [-0.2, 0) is 0 Å². The molecule has 3 rings (SSSR count). The van der Waals surface area contributed by atoms with Crippen molar-refractivity contribution >= 4 is 56.3 Å². The van der Waals surface area contributed by atoms with Gasteiger partial charge in [-0.1, -0.05) is 65.1 Å². The van der Waals surface area contributed by atoms with Gasteiger partial charge in [0.25, 0.3) is 0 Å². The van der Waals surface area contributed by atoms with Crippen LogP contribution in [0.4, 0.5) is 0 Å². The van der Waals surface area contributed by atoms with Crippen LogP contribution < -0.4 is 0 Å². The van der Waals surface area contributed by atoms with E-state index in [2.05, 4.69) is 6.07 Å². The molecule has 0 aliphatic rings. The Balaban J connectivity index is 2.63. The van der Waals surface area contributed by atoms with Crippen molar-refractivity contribution in [3.05, 3.63) is 57.5 Å². The predicted octanol–water partition coefficient (Wildman–Crippen LogP) is 5.95. The van der Waals surface area contributed by atoms with E-state index in [9.17, 15) is 0 Å². The minimum absolute atomic E-state index is 0.514. The maximum Gasteiger partial charge on any atom is 0.0685 e. The lowest BCUT2D eigenvalue weighted by Gasteiger charge is -2.08. The summed E-state index contributed by atoms with van der Waals surface area (Å²) in [6.07, 6.45) is 0. The van der Waals surface area contributed by atoms with Gasteiger partial charge in [-0.3, -0.25) is 0 Å². The molecule has 0 amide bonds. The number of benzene rings is 3. The maximum absolute atomic E-state index is 6.27. The van der Waals surface area contributed by atoms with Gasteiger partial charge < -0.3 is 0 Å². The zero-order valence-electron chi connectivity index (χ0n) is 8.68. The topological polar surface area (TPSA) is 0 Å². The van der Waals surface area contributed by atoms with E-state index in [0.29, 0.717) is 15.1 Å². The molecular weight excluding hydrogens is 275 g/mol. The lowest BCUT2D eigenvalue weighted by Crippen LogP contribution is -1.81. The molecule has 0 heterocycles. The largest absolute Gasteiger partial charge is 0.0836 e. The number of rotatable bonds is 0. The van der Waals surface area contributed by atoms with Crippen LogP contribution in [0.25, 0.3) is 21.5 Å². The van der Waals surface area contributed by atoms with Crippen LogP contribution in [0.3, 0.4) is 0 Å². The zero-order valence-corrected chi connectivity index (χ0v) is 10.9.